The van der Waals surface area contributed by atoms with Crippen LogP contribution in [0.3, 0.4) is 0 Å². The van der Waals surface area contributed by atoms with E-state index in [0.717, 1.165) is 27.9 Å². The Morgan fingerprint density at radius 2 is 1.08 bits per heavy atom. The molecular formula is C29H24N3O5P. The first kappa shape index (κ1) is 25.1. The monoisotopic (exact) mass is 525 g/mol. The number of imide groups is 1. The molecule has 0 N–H and O–H groups in total. The average Bonchev–Trinajstić information content (AvgIpc) is 3.20. The Hall–Kier alpha value is -4.55. The van der Waals surface area contributed by atoms with Gasteiger partial charge in [-0.1, -0.05) is 91.0 Å². The fraction of sp³-hybridized carbons (Fsp3) is 0.103. The van der Waals surface area contributed by atoms with E-state index in [2.05, 4.69) is 0 Å². The molecule has 0 atom stereocenters. The second kappa shape index (κ2) is 9.72. The molecule has 0 aromatic heterocycles. The van der Waals surface area contributed by atoms with Crippen LogP contribution in [0.5, 0.6) is 0 Å². The molecule has 0 radical (unpaired) electrons. The topological polar surface area (TPSA) is 96.3 Å². The number of amides is 3. The lowest BCUT2D eigenvalue weighted by Crippen LogP contribution is -2.43. The molecule has 0 spiro atoms. The summed E-state index contributed by atoms with van der Waals surface area (Å²) < 4.78 is 10.1. The molecule has 2 aliphatic heterocycles. The lowest BCUT2D eigenvalue weighted by molar-refractivity contribution is -0.144. The fourth-order valence-corrected chi connectivity index (χ4v) is 8.29. The highest BCUT2D eigenvalue weighted by Gasteiger charge is 2.49. The van der Waals surface area contributed by atoms with Crippen molar-refractivity contribution in [2.24, 2.45) is 4.74 Å². The van der Waals surface area contributed by atoms with Crippen molar-refractivity contribution in [3.05, 3.63) is 114 Å². The van der Waals surface area contributed by atoms with Crippen molar-refractivity contribution < 1.29 is 23.9 Å². The molecule has 3 amide bonds. The number of hydrogen-bond acceptors (Lipinski definition) is 6. The molecule has 2 aliphatic rings. The van der Waals surface area contributed by atoms with Crippen LogP contribution in [0, 0.1) is 0 Å². The first-order valence-corrected chi connectivity index (χ1v) is 13.5. The van der Waals surface area contributed by atoms with Crippen molar-refractivity contribution in [2.75, 3.05) is 21.2 Å². The summed E-state index contributed by atoms with van der Waals surface area (Å²) in [6.45, 7) is 0. The smallest absolute Gasteiger partial charge is 0.344 e. The van der Waals surface area contributed by atoms with E-state index in [-0.39, 0.29) is 17.0 Å². The third-order valence-electron chi connectivity index (χ3n) is 6.62. The van der Waals surface area contributed by atoms with E-state index in [1.54, 1.807) is 0 Å². The first-order chi connectivity index (χ1) is 18.3. The van der Waals surface area contributed by atoms with E-state index in [0.29, 0.717) is 0 Å². The molecule has 0 saturated heterocycles. The molecule has 38 heavy (non-hydrogen) atoms. The Bertz CT molecular complexity index is 1490. The molecular weight excluding hydrogens is 501 g/mol. The molecule has 0 fully saturated rings. The minimum Gasteiger partial charge on any atom is -0.465 e. The average molecular weight is 526 g/mol. The number of rotatable bonds is 5. The van der Waals surface area contributed by atoms with Crippen molar-refractivity contribution in [3.63, 3.8) is 0 Å². The van der Waals surface area contributed by atoms with Gasteiger partial charge in [-0.25, -0.2) is 9.54 Å². The first-order valence-electron chi connectivity index (χ1n) is 11.8. The Kier molecular flexibility index (Phi) is 6.43. The van der Waals surface area contributed by atoms with Crippen LogP contribution in [0.25, 0.3) is 0 Å². The number of benzene rings is 3. The number of likely N-dealkylation sites (N-methyl/N-ethyl adjacent to an activating group) is 2. The number of fused-ring (bicyclic) bond motifs is 1. The van der Waals surface area contributed by atoms with Crippen molar-refractivity contribution >= 4 is 46.7 Å². The highest BCUT2D eigenvalue weighted by atomic mass is 31.2. The van der Waals surface area contributed by atoms with Crippen LogP contribution in [-0.2, 0) is 23.9 Å². The summed E-state index contributed by atoms with van der Waals surface area (Å²) in [4.78, 5) is 54.6. The number of hydrogen-bond donors (Lipinski definition) is 0. The zero-order valence-electron chi connectivity index (χ0n) is 21.0. The van der Waals surface area contributed by atoms with Gasteiger partial charge in [0.05, 0.1) is 25.3 Å². The zero-order valence-corrected chi connectivity index (χ0v) is 21.9. The summed E-state index contributed by atoms with van der Waals surface area (Å²) in [7, 11) is 1.01. The highest BCUT2D eigenvalue weighted by molar-refractivity contribution is 7.87. The Morgan fingerprint density at radius 3 is 1.50 bits per heavy atom. The summed E-state index contributed by atoms with van der Waals surface area (Å²) in [5.41, 5.74) is -0.847. The number of methoxy groups -OCH3 is 1. The molecule has 9 heteroatoms. The molecule has 2 heterocycles. The molecule has 0 aliphatic carbocycles. The SMILES string of the molecule is COC(=O)C1=C2C(=O)N(C)C(N=P(c3ccccc3)(c3ccccc3)c3ccccc3)=C2C(=O)N(C)C1=O. The van der Waals surface area contributed by atoms with Gasteiger partial charge < -0.3 is 4.74 Å². The van der Waals surface area contributed by atoms with Gasteiger partial charge in [0, 0.05) is 30.0 Å². The largest absolute Gasteiger partial charge is 0.465 e. The predicted molar refractivity (Wildman–Crippen MR) is 144 cm³/mol. The van der Waals surface area contributed by atoms with Gasteiger partial charge in [0.1, 0.15) is 11.4 Å². The van der Waals surface area contributed by atoms with E-state index in [9.17, 15) is 19.2 Å². The maximum absolute atomic E-state index is 13.5. The summed E-state index contributed by atoms with van der Waals surface area (Å²) in [6.07, 6.45) is 0. The second-order valence-corrected chi connectivity index (χ2v) is 11.7. The van der Waals surface area contributed by atoms with Crippen LogP contribution < -0.4 is 15.9 Å². The van der Waals surface area contributed by atoms with E-state index in [1.165, 1.54) is 19.0 Å². The summed E-state index contributed by atoms with van der Waals surface area (Å²) in [5, 5.41) is 2.72. The molecule has 3 aromatic rings. The number of nitrogens with zero attached hydrogens (tertiary/aromatic N) is 3. The Labute approximate surface area is 219 Å². The van der Waals surface area contributed by atoms with E-state index in [1.807, 2.05) is 91.0 Å². The normalized spacial score (nSPS) is 15.7. The van der Waals surface area contributed by atoms with Gasteiger partial charge in [-0.15, -0.1) is 0 Å². The van der Waals surface area contributed by atoms with Crippen LogP contribution in [0.2, 0.25) is 0 Å². The molecule has 0 bridgehead atoms. The van der Waals surface area contributed by atoms with Gasteiger partial charge in [-0.2, -0.15) is 0 Å². The third kappa shape index (κ3) is 3.73. The Morgan fingerprint density at radius 1 is 0.658 bits per heavy atom. The molecule has 5 rings (SSSR count). The van der Waals surface area contributed by atoms with Gasteiger partial charge in [-0.3, -0.25) is 24.2 Å². The predicted octanol–water partition coefficient (Wildman–Crippen LogP) is 2.32. The maximum Gasteiger partial charge on any atom is 0.344 e. The summed E-state index contributed by atoms with van der Waals surface area (Å²) in [6, 6.07) is 29.2. The molecule has 8 nitrogen and oxygen atoms in total. The lowest BCUT2D eigenvalue weighted by atomic mass is 9.95. The molecule has 3 aromatic carbocycles. The van der Waals surface area contributed by atoms with E-state index < -0.39 is 36.3 Å². The van der Waals surface area contributed by atoms with Crippen molar-refractivity contribution in [3.8, 4) is 0 Å². The van der Waals surface area contributed by atoms with Crippen LogP contribution in [0.15, 0.2) is 118 Å². The molecule has 0 saturated carbocycles. The number of esters is 1. The van der Waals surface area contributed by atoms with Gasteiger partial charge in [0.25, 0.3) is 17.7 Å². The summed E-state index contributed by atoms with van der Waals surface area (Å²) in [5.74, 6) is -3.15. The van der Waals surface area contributed by atoms with E-state index in [4.69, 9.17) is 9.48 Å². The number of ether oxygens (including phenoxy) is 1. The summed E-state index contributed by atoms with van der Waals surface area (Å²) >= 11 is 0. The minimum absolute atomic E-state index is 0.0906. The fourth-order valence-electron chi connectivity index (χ4n) is 4.72. The van der Waals surface area contributed by atoms with Crippen molar-refractivity contribution in [1.82, 2.24) is 9.80 Å². The standard InChI is InChI=1S/C29H24N3O5P/c1-31-25(23-22(26(31)33)24(29(36)37-3)28(35)32(2)27(23)34)30-38(19-13-7-4-8-14-19,20-15-9-5-10-16-20)21-17-11-6-12-18-21/h4-18H,1-3H3. The van der Waals surface area contributed by atoms with Crippen LogP contribution in [-0.4, -0.2) is 54.7 Å². The Balaban J connectivity index is 1.98. The second-order valence-electron chi connectivity index (χ2n) is 8.72. The van der Waals surface area contributed by atoms with Gasteiger partial charge in [-0.05, 0) is 0 Å². The number of carbonyl (C=O) groups is 4. The van der Waals surface area contributed by atoms with Crippen LogP contribution >= 0.6 is 7.05 Å². The minimum atomic E-state index is -2.86. The van der Waals surface area contributed by atoms with Crippen LogP contribution in [0.1, 0.15) is 0 Å². The highest BCUT2D eigenvalue weighted by Crippen LogP contribution is 2.50. The lowest BCUT2D eigenvalue weighted by Gasteiger charge is -2.28. The van der Waals surface area contributed by atoms with Crippen molar-refractivity contribution in [1.29, 1.82) is 0 Å². The van der Waals surface area contributed by atoms with Gasteiger partial charge in [0.2, 0.25) is 0 Å². The maximum atomic E-state index is 13.5. The van der Waals surface area contributed by atoms with Crippen LogP contribution in [0.4, 0.5) is 0 Å². The quantitative estimate of drug-likeness (QED) is 0.221. The van der Waals surface area contributed by atoms with Gasteiger partial charge >= 0.3 is 5.97 Å². The van der Waals surface area contributed by atoms with Crippen molar-refractivity contribution in [2.45, 2.75) is 0 Å². The third-order valence-corrected chi connectivity index (χ3v) is 10.2. The van der Waals surface area contributed by atoms with Gasteiger partial charge in [0.15, 0.2) is 0 Å². The molecule has 190 valence electrons. The zero-order chi connectivity index (χ0) is 27.0. The number of carbonyl (C=O) groups excluding carboxylic acids is 4. The van der Waals surface area contributed by atoms with E-state index >= 15 is 0 Å². The molecule has 0 unspecified atom stereocenters.